The summed E-state index contributed by atoms with van der Waals surface area (Å²) >= 11 is 0. The van der Waals surface area contributed by atoms with Crippen LogP contribution in [0.15, 0.2) is 48.5 Å². The fraction of sp³-hybridized carbons (Fsp3) is 0.316. The predicted octanol–water partition coefficient (Wildman–Crippen LogP) is 3.19. The molecule has 132 valence electrons. The molecule has 1 amide bonds. The van der Waals surface area contributed by atoms with E-state index in [1.807, 2.05) is 19.0 Å². The molecule has 6 nitrogen and oxygen atoms in total. The minimum atomic E-state index is -0.505. The first-order valence-corrected chi connectivity index (χ1v) is 8.20. The number of amides is 1. The van der Waals surface area contributed by atoms with Gasteiger partial charge in [-0.1, -0.05) is 37.3 Å². The standard InChI is InChI=1S/C19H23N3O3/c1-4-14-8-10-15(11-9-14)18(21(2)3)13-20-19(23)16-6-5-7-17(12-16)22(24)25/h5-12,18H,4,13H2,1-3H3,(H,20,23). The van der Waals surface area contributed by atoms with Gasteiger partial charge in [0.1, 0.15) is 0 Å². The maximum Gasteiger partial charge on any atom is 0.270 e. The molecule has 0 radical (unpaired) electrons. The highest BCUT2D eigenvalue weighted by Gasteiger charge is 2.17. The number of likely N-dealkylation sites (N-methyl/N-ethyl adjacent to an activating group) is 1. The van der Waals surface area contributed by atoms with Crippen LogP contribution in [0.25, 0.3) is 0 Å². The first kappa shape index (κ1) is 18.6. The molecule has 0 saturated heterocycles. The van der Waals surface area contributed by atoms with Gasteiger partial charge in [-0.2, -0.15) is 0 Å². The van der Waals surface area contributed by atoms with Crippen LogP contribution < -0.4 is 5.32 Å². The van der Waals surface area contributed by atoms with Gasteiger partial charge in [-0.05, 0) is 37.7 Å². The average Bonchev–Trinajstić information content (AvgIpc) is 2.62. The Morgan fingerprint density at radius 1 is 1.20 bits per heavy atom. The molecule has 0 fully saturated rings. The van der Waals surface area contributed by atoms with Gasteiger partial charge in [-0.25, -0.2) is 0 Å². The molecular weight excluding hydrogens is 318 g/mol. The van der Waals surface area contributed by atoms with Crippen LogP contribution in [0.3, 0.4) is 0 Å². The summed E-state index contributed by atoms with van der Waals surface area (Å²) < 4.78 is 0. The highest BCUT2D eigenvalue weighted by molar-refractivity contribution is 5.94. The van der Waals surface area contributed by atoms with E-state index in [1.54, 1.807) is 6.07 Å². The molecule has 2 rings (SSSR count). The normalized spacial score (nSPS) is 12.0. The second kappa shape index (κ2) is 8.39. The molecule has 0 aromatic heterocycles. The Kier molecular flexibility index (Phi) is 6.25. The summed E-state index contributed by atoms with van der Waals surface area (Å²) in [7, 11) is 3.91. The quantitative estimate of drug-likeness (QED) is 0.620. The lowest BCUT2D eigenvalue weighted by molar-refractivity contribution is -0.384. The van der Waals surface area contributed by atoms with E-state index < -0.39 is 4.92 Å². The summed E-state index contributed by atoms with van der Waals surface area (Å²) in [5, 5.41) is 13.7. The number of hydrogen-bond donors (Lipinski definition) is 1. The van der Waals surface area contributed by atoms with Gasteiger partial charge in [0.2, 0.25) is 0 Å². The zero-order valence-electron chi connectivity index (χ0n) is 14.7. The molecule has 0 aliphatic heterocycles. The third kappa shape index (κ3) is 4.87. The van der Waals surface area contributed by atoms with Crippen LogP contribution >= 0.6 is 0 Å². The molecule has 1 unspecified atom stereocenters. The summed E-state index contributed by atoms with van der Waals surface area (Å²) in [5.74, 6) is -0.319. The van der Waals surface area contributed by atoms with Gasteiger partial charge >= 0.3 is 0 Å². The fourth-order valence-corrected chi connectivity index (χ4v) is 2.63. The molecule has 0 aliphatic rings. The maximum atomic E-state index is 12.3. The predicted molar refractivity (Wildman–Crippen MR) is 97.7 cm³/mol. The summed E-state index contributed by atoms with van der Waals surface area (Å²) in [6.45, 7) is 2.53. The molecule has 2 aromatic rings. The lowest BCUT2D eigenvalue weighted by atomic mass is 10.0. The third-order valence-electron chi connectivity index (χ3n) is 4.17. The number of nitro groups is 1. The second-order valence-electron chi connectivity index (χ2n) is 6.09. The first-order chi connectivity index (χ1) is 11.9. The molecule has 0 heterocycles. The third-order valence-corrected chi connectivity index (χ3v) is 4.17. The van der Waals surface area contributed by atoms with Crippen molar-refractivity contribution in [1.82, 2.24) is 10.2 Å². The molecule has 6 heteroatoms. The lowest BCUT2D eigenvalue weighted by Crippen LogP contribution is -2.34. The van der Waals surface area contributed by atoms with Gasteiger partial charge in [0.25, 0.3) is 11.6 Å². The summed E-state index contributed by atoms with van der Waals surface area (Å²) in [6, 6.07) is 14.1. The van der Waals surface area contributed by atoms with Crippen LogP contribution in [-0.2, 0) is 6.42 Å². The SMILES string of the molecule is CCc1ccc(C(CNC(=O)c2cccc([N+](=O)[O-])c2)N(C)C)cc1. The van der Waals surface area contributed by atoms with Crippen molar-refractivity contribution in [2.24, 2.45) is 0 Å². The zero-order chi connectivity index (χ0) is 18.4. The smallest absolute Gasteiger partial charge is 0.270 e. The van der Waals surface area contributed by atoms with Gasteiger partial charge < -0.3 is 10.2 Å². The van der Waals surface area contributed by atoms with Crippen molar-refractivity contribution in [2.75, 3.05) is 20.6 Å². The Bertz CT molecular complexity index is 742. The number of nitro benzene ring substituents is 1. The van der Waals surface area contributed by atoms with E-state index in [-0.39, 0.29) is 23.2 Å². The lowest BCUT2D eigenvalue weighted by Gasteiger charge is -2.25. The monoisotopic (exact) mass is 341 g/mol. The number of nitrogens with zero attached hydrogens (tertiary/aromatic N) is 2. The van der Waals surface area contributed by atoms with Crippen molar-refractivity contribution in [3.63, 3.8) is 0 Å². The van der Waals surface area contributed by atoms with Crippen molar-refractivity contribution in [2.45, 2.75) is 19.4 Å². The van der Waals surface area contributed by atoms with Gasteiger partial charge in [0, 0.05) is 24.2 Å². The van der Waals surface area contributed by atoms with Crippen LogP contribution in [-0.4, -0.2) is 36.4 Å². The highest BCUT2D eigenvalue weighted by atomic mass is 16.6. The van der Waals surface area contributed by atoms with E-state index in [0.29, 0.717) is 6.54 Å². The summed E-state index contributed by atoms with van der Waals surface area (Å²) in [4.78, 5) is 24.7. The Balaban J connectivity index is 2.08. The Morgan fingerprint density at radius 2 is 1.88 bits per heavy atom. The van der Waals surface area contributed by atoms with Gasteiger partial charge in [-0.15, -0.1) is 0 Å². The van der Waals surface area contributed by atoms with E-state index >= 15 is 0 Å². The van der Waals surface area contributed by atoms with Crippen molar-refractivity contribution >= 4 is 11.6 Å². The van der Waals surface area contributed by atoms with Crippen molar-refractivity contribution in [3.8, 4) is 0 Å². The van der Waals surface area contributed by atoms with Gasteiger partial charge in [0.05, 0.1) is 11.0 Å². The molecule has 0 bridgehead atoms. The molecule has 0 aliphatic carbocycles. The minimum absolute atomic E-state index is 0.0218. The topological polar surface area (TPSA) is 75.5 Å². The summed E-state index contributed by atoms with van der Waals surface area (Å²) in [6.07, 6.45) is 0.983. The Hall–Kier alpha value is -2.73. The number of non-ortho nitro benzene ring substituents is 1. The van der Waals surface area contributed by atoms with Crippen LogP contribution in [0.4, 0.5) is 5.69 Å². The minimum Gasteiger partial charge on any atom is -0.350 e. The second-order valence-corrected chi connectivity index (χ2v) is 6.09. The van der Waals surface area contributed by atoms with E-state index in [9.17, 15) is 14.9 Å². The molecule has 1 N–H and O–H groups in total. The van der Waals surface area contributed by atoms with E-state index in [2.05, 4.69) is 36.5 Å². The summed E-state index contributed by atoms with van der Waals surface area (Å²) in [5.41, 5.74) is 2.57. The molecular formula is C19H23N3O3. The van der Waals surface area contributed by atoms with Gasteiger partial charge in [-0.3, -0.25) is 14.9 Å². The van der Waals surface area contributed by atoms with Crippen molar-refractivity contribution in [3.05, 3.63) is 75.3 Å². The molecule has 1 atom stereocenters. The number of carbonyl (C=O) groups is 1. The molecule has 0 saturated carbocycles. The molecule has 0 spiro atoms. The number of rotatable bonds is 7. The molecule has 25 heavy (non-hydrogen) atoms. The van der Waals surface area contributed by atoms with Crippen molar-refractivity contribution in [1.29, 1.82) is 0 Å². The number of aryl methyl sites for hydroxylation is 1. The van der Waals surface area contributed by atoms with E-state index in [1.165, 1.54) is 23.8 Å². The first-order valence-electron chi connectivity index (χ1n) is 8.20. The highest BCUT2D eigenvalue weighted by Crippen LogP contribution is 2.19. The van der Waals surface area contributed by atoms with Crippen LogP contribution in [0.2, 0.25) is 0 Å². The average molecular weight is 341 g/mol. The maximum absolute atomic E-state index is 12.3. The number of nitrogens with one attached hydrogen (secondary N) is 1. The zero-order valence-corrected chi connectivity index (χ0v) is 14.7. The Morgan fingerprint density at radius 3 is 2.44 bits per heavy atom. The van der Waals surface area contributed by atoms with Crippen molar-refractivity contribution < 1.29 is 9.72 Å². The van der Waals surface area contributed by atoms with Crippen LogP contribution in [0, 0.1) is 10.1 Å². The van der Waals surface area contributed by atoms with Crippen LogP contribution in [0.1, 0.15) is 34.5 Å². The largest absolute Gasteiger partial charge is 0.350 e. The van der Waals surface area contributed by atoms with E-state index in [0.717, 1.165) is 12.0 Å². The number of carbonyl (C=O) groups excluding carboxylic acids is 1. The van der Waals surface area contributed by atoms with Gasteiger partial charge in [0.15, 0.2) is 0 Å². The van der Waals surface area contributed by atoms with Crippen LogP contribution in [0.5, 0.6) is 0 Å². The van der Waals surface area contributed by atoms with E-state index in [4.69, 9.17) is 0 Å². The Labute approximate surface area is 147 Å². The number of benzene rings is 2. The fourth-order valence-electron chi connectivity index (χ4n) is 2.63. The number of hydrogen-bond acceptors (Lipinski definition) is 4. The molecule has 2 aromatic carbocycles.